The van der Waals surface area contributed by atoms with Gasteiger partial charge in [-0.25, -0.2) is 9.90 Å². The van der Waals surface area contributed by atoms with E-state index in [1.807, 2.05) is 13.8 Å². The monoisotopic (exact) mass is 382 g/mol. The number of hydrogen-bond acceptors (Lipinski definition) is 6. The molecule has 0 atom stereocenters. The van der Waals surface area contributed by atoms with Gasteiger partial charge in [0.05, 0.1) is 12.7 Å². The van der Waals surface area contributed by atoms with E-state index in [0.717, 1.165) is 16.2 Å². The molecule has 1 fully saturated rings. The molecule has 26 heavy (non-hydrogen) atoms. The summed E-state index contributed by atoms with van der Waals surface area (Å²) in [6.45, 7) is 4.20. The van der Waals surface area contributed by atoms with Gasteiger partial charge in [0, 0.05) is 23.7 Å². The van der Waals surface area contributed by atoms with Gasteiger partial charge in [-0.3, -0.25) is 4.79 Å². The van der Waals surface area contributed by atoms with Gasteiger partial charge in [0.15, 0.2) is 6.79 Å². The van der Waals surface area contributed by atoms with Gasteiger partial charge in [-0.1, -0.05) is 11.6 Å². The molecule has 8 heteroatoms. The molecule has 2 aliphatic rings. The molecule has 7 nitrogen and oxygen atoms in total. The molecule has 1 spiro atoms. The van der Waals surface area contributed by atoms with Gasteiger partial charge >= 0.3 is 0 Å². The first kappa shape index (κ1) is 19.1. The lowest BCUT2D eigenvalue weighted by atomic mass is 9.86. The quantitative estimate of drug-likeness (QED) is 0.778. The number of hydroxylamine groups is 4. The van der Waals surface area contributed by atoms with Gasteiger partial charge < -0.3 is 15.1 Å². The number of piperidine rings is 1. The van der Waals surface area contributed by atoms with Crippen molar-refractivity contribution in [2.75, 3.05) is 27.0 Å². The third-order valence-corrected chi connectivity index (χ3v) is 5.62. The highest BCUT2D eigenvalue weighted by Gasteiger charge is 2.55. The minimum atomic E-state index is -1.04. The summed E-state index contributed by atoms with van der Waals surface area (Å²) in [6, 6.07) is 3.57. The van der Waals surface area contributed by atoms with Crippen molar-refractivity contribution in [1.29, 1.82) is 0 Å². The van der Waals surface area contributed by atoms with Crippen LogP contribution in [0.25, 0.3) is 5.57 Å². The second-order valence-corrected chi connectivity index (χ2v) is 7.05. The van der Waals surface area contributed by atoms with E-state index in [9.17, 15) is 15.0 Å². The zero-order chi connectivity index (χ0) is 19.1. The number of aliphatic hydroxyl groups excluding tert-OH is 2. The SMILES string of the molecule is CON1CCC2(CC1)C(O)=C(c1cc(C)c(C)cc1Cl)C(=O)N2OCO. The van der Waals surface area contributed by atoms with Gasteiger partial charge in [0.2, 0.25) is 0 Å². The number of benzene rings is 1. The van der Waals surface area contributed by atoms with Crippen molar-refractivity contribution >= 4 is 23.1 Å². The topological polar surface area (TPSA) is 82.5 Å². The van der Waals surface area contributed by atoms with Gasteiger partial charge in [-0.2, -0.15) is 5.06 Å². The molecule has 0 aromatic heterocycles. The summed E-state index contributed by atoms with van der Waals surface area (Å²) >= 11 is 6.38. The maximum atomic E-state index is 13.0. The second kappa shape index (κ2) is 7.17. The van der Waals surface area contributed by atoms with E-state index >= 15 is 0 Å². The third-order valence-electron chi connectivity index (χ3n) is 5.31. The molecule has 3 rings (SSSR count). The van der Waals surface area contributed by atoms with Crippen LogP contribution in [0.4, 0.5) is 0 Å². The van der Waals surface area contributed by atoms with Crippen LogP contribution in [0, 0.1) is 13.8 Å². The van der Waals surface area contributed by atoms with Crippen LogP contribution in [-0.2, 0) is 14.5 Å². The Bertz CT molecular complexity index is 756. The molecular formula is C18H23ClN2O5. The Morgan fingerprint density at radius 1 is 1.23 bits per heavy atom. The summed E-state index contributed by atoms with van der Waals surface area (Å²) in [5.74, 6) is -0.579. The molecule has 0 unspecified atom stereocenters. The maximum absolute atomic E-state index is 13.0. The van der Waals surface area contributed by atoms with Crippen molar-refractivity contribution in [1.82, 2.24) is 10.1 Å². The van der Waals surface area contributed by atoms with Crippen molar-refractivity contribution in [3.63, 3.8) is 0 Å². The van der Waals surface area contributed by atoms with Gasteiger partial charge in [-0.05, 0) is 49.9 Å². The lowest BCUT2D eigenvalue weighted by Gasteiger charge is -2.42. The largest absolute Gasteiger partial charge is 0.509 e. The number of carbonyl (C=O) groups is 1. The number of amides is 1. The van der Waals surface area contributed by atoms with Crippen LogP contribution in [-0.4, -0.2) is 58.8 Å². The number of carbonyl (C=O) groups excluding carboxylic acids is 1. The van der Waals surface area contributed by atoms with Crippen molar-refractivity contribution in [2.24, 2.45) is 0 Å². The normalized spacial score (nSPS) is 20.5. The van der Waals surface area contributed by atoms with Crippen LogP contribution in [0.1, 0.15) is 29.5 Å². The van der Waals surface area contributed by atoms with Crippen LogP contribution < -0.4 is 0 Å². The van der Waals surface area contributed by atoms with E-state index in [2.05, 4.69) is 0 Å². The molecule has 0 radical (unpaired) electrons. The fourth-order valence-electron chi connectivity index (χ4n) is 3.66. The summed E-state index contributed by atoms with van der Waals surface area (Å²) in [4.78, 5) is 23.5. The maximum Gasteiger partial charge on any atom is 0.282 e. The average molecular weight is 383 g/mol. The molecule has 2 aliphatic heterocycles. The molecule has 0 aliphatic carbocycles. The van der Waals surface area contributed by atoms with E-state index in [1.54, 1.807) is 24.3 Å². The second-order valence-electron chi connectivity index (χ2n) is 6.64. The highest BCUT2D eigenvalue weighted by Crippen LogP contribution is 2.46. The molecule has 142 valence electrons. The number of hydrogen-bond donors (Lipinski definition) is 2. The van der Waals surface area contributed by atoms with Gasteiger partial charge in [0.1, 0.15) is 11.3 Å². The van der Waals surface area contributed by atoms with E-state index in [0.29, 0.717) is 36.5 Å². The zero-order valence-corrected chi connectivity index (χ0v) is 15.8. The summed E-state index contributed by atoms with van der Waals surface area (Å²) in [7, 11) is 1.58. The number of aliphatic hydroxyl groups is 2. The molecule has 1 aromatic rings. The third kappa shape index (κ3) is 2.90. The molecule has 0 bridgehead atoms. The highest BCUT2D eigenvalue weighted by molar-refractivity contribution is 6.35. The van der Waals surface area contributed by atoms with Crippen LogP contribution >= 0.6 is 11.6 Å². The van der Waals surface area contributed by atoms with E-state index in [4.69, 9.17) is 21.3 Å². The first-order valence-electron chi connectivity index (χ1n) is 8.44. The van der Waals surface area contributed by atoms with E-state index < -0.39 is 18.2 Å². The van der Waals surface area contributed by atoms with Crippen LogP contribution in [0.5, 0.6) is 0 Å². The molecular weight excluding hydrogens is 360 g/mol. The number of nitrogens with zero attached hydrogens (tertiary/aromatic N) is 2. The zero-order valence-electron chi connectivity index (χ0n) is 15.1. The van der Waals surface area contributed by atoms with Crippen LogP contribution in [0.15, 0.2) is 17.9 Å². The van der Waals surface area contributed by atoms with Crippen molar-refractivity contribution < 1.29 is 24.7 Å². The molecule has 0 saturated carbocycles. The van der Waals surface area contributed by atoms with Crippen molar-refractivity contribution in [3.8, 4) is 0 Å². The average Bonchev–Trinajstić information content (AvgIpc) is 2.81. The van der Waals surface area contributed by atoms with Gasteiger partial charge in [0.25, 0.3) is 5.91 Å². The smallest absolute Gasteiger partial charge is 0.282 e. The lowest BCUT2D eigenvalue weighted by Crippen LogP contribution is -2.54. The molecule has 2 heterocycles. The molecule has 1 saturated heterocycles. The summed E-state index contributed by atoms with van der Waals surface area (Å²) in [5, 5.41) is 23.6. The molecule has 1 amide bonds. The van der Waals surface area contributed by atoms with E-state index in [-0.39, 0.29) is 11.3 Å². The number of halogens is 1. The van der Waals surface area contributed by atoms with Crippen molar-refractivity contribution in [3.05, 3.63) is 39.6 Å². The Labute approximate surface area is 157 Å². The molecule has 1 aromatic carbocycles. The first-order chi connectivity index (χ1) is 12.4. The van der Waals surface area contributed by atoms with E-state index in [1.165, 1.54) is 0 Å². The minimum Gasteiger partial charge on any atom is -0.509 e. The summed E-state index contributed by atoms with van der Waals surface area (Å²) < 4.78 is 0. The summed E-state index contributed by atoms with van der Waals surface area (Å²) in [5.41, 5.74) is 1.51. The van der Waals surface area contributed by atoms with Gasteiger partial charge in [-0.15, -0.1) is 0 Å². The van der Waals surface area contributed by atoms with Crippen LogP contribution in [0.3, 0.4) is 0 Å². The minimum absolute atomic E-state index is 0.0724. The first-order valence-corrected chi connectivity index (χ1v) is 8.81. The number of aryl methyl sites for hydroxylation is 2. The van der Waals surface area contributed by atoms with Crippen molar-refractivity contribution in [2.45, 2.75) is 32.2 Å². The Kier molecular flexibility index (Phi) is 5.28. The van der Waals surface area contributed by atoms with Crippen LogP contribution in [0.2, 0.25) is 5.02 Å². The highest BCUT2D eigenvalue weighted by atomic mass is 35.5. The Morgan fingerprint density at radius 3 is 2.42 bits per heavy atom. The molecule has 2 N–H and O–H groups in total. The predicted molar refractivity (Wildman–Crippen MR) is 96.0 cm³/mol. The fourth-order valence-corrected chi connectivity index (χ4v) is 3.97. The Balaban J connectivity index is 2.10. The number of rotatable bonds is 4. The summed E-state index contributed by atoms with van der Waals surface area (Å²) in [6.07, 6.45) is 0.814. The predicted octanol–water partition coefficient (Wildman–Crippen LogP) is 2.35. The Morgan fingerprint density at radius 2 is 1.85 bits per heavy atom. The fraction of sp³-hybridized carbons (Fsp3) is 0.500. The standard InChI is InChI=1S/C18H23ClN2O5/c1-11-8-13(14(19)9-12(11)2)15-16(23)18(21(17(15)24)26-10-22)4-6-20(25-3)7-5-18/h8-9,22-23H,4-7,10H2,1-3H3. The Hall–Kier alpha value is -1.64. The lowest BCUT2D eigenvalue weighted by molar-refractivity contribution is -0.255.